The summed E-state index contributed by atoms with van der Waals surface area (Å²) in [5.74, 6) is 0.129. The molecule has 1 aromatic heterocycles. The van der Waals surface area contributed by atoms with Gasteiger partial charge in [0.05, 0.1) is 10.6 Å². The number of amides is 1. The smallest absolute Gasteiger partial charge is 0.318 e. The van der Waals surface area contributed by atoms with Crippen molar-refractivity contribution in [3.05, 3.63) is 76.6 Å². The number of nitrogens with one attached hydrogen (secondary N) is 1. The van der Waals surface area contributed by atoms with E-state index in [9.17, 15) is 4.79 Å². The van der Waals surface area contributed by atoms with E-state index in [0.29, 0.717) is 28.9 Å². The number of hydrogen-bond acceptors (Lipinski definition) is 5. The number of halogens is 1. The lowest BCUT2D eigenvalue weighted by Crippen LogP contribution is -2.30. The highest BCUT2D eigenvalue weighted by atomic mass is 35.5. The second-order valence-electron chi connectivity index (χ2n) is 7.17. The fourth-order valence-corrected chi connectivity index (χ4v) is 3.73. The van der Waals surface area contributed by atoms with Crippen LogP contribution < -0.4 is 10.2 Å². The lowest BCUT2D eigenvalue weighted by atomic mass is 10.1. The van der Waals surface area contributed by atoms with Gasteiger partial charge >= 0.3 is 6.01 Å². The van der Waals surface area contributed by atoms with Crippen molar-refractivity contribution >= 4 is 23.5 Å². The molecule has 0 saturated carbocycles. The summed E-state index contributed by atoms with van der Waals surface area (Å²) in [5.41, 5.74) is 1.48. The molecule has 0 bridgehead atoms. The van der Waals surface area contributed by atoms with Crippen molar-refractivity contribution in [1.29, 1.82) is 0 Å². The van der Waals surface area contributed by atoms with Crippen LogP contribution in [0.2, 0.25) is 5.02 Å². The highest BCUT2D eigenvalue weighted by Crippen LogP contribution is 2.24. The molecular weight excluding hydrogens is 388 g/mol. The molecule has 4 rings (SSSR count). The Hall–Kier alpha value is -2.86. The van der Waals surface area contributed by atoms with Gasteiger partial charge < -0.3 is 14.6 Å². The van der Waals surface area contributed by atoms with Gasteiger partial charge in [-0.2, -0.15) is 0 Å². The molecule has 2 heterocycles. The molecule has 0 radical (unpaired) electrons. The molecule has 0 spiro atoms. The topological polar surface area (TPSA) is 71.3 Å². The Morgan fingerprint density at radius 2 is 1.76 bits per heavy atom. The van der Waals surface area contributed by atoms with E-state index in [1.807, 2.05) is 30.3 Å². The van der Waals surface area contributed by atoms with Gasteiger partial charge in [-0.15, -0.1) is 5.10 Å². The monoisotopic (exact) mass is 410 g/mol. The number of rotatable bonds is 6. The third-order valence-electron chi connectivity index (χ3n) is 5.06. The van der Waals surface area contributed by atoms with E-state index in [1.54, 1.807) is 24.3 Å². The zero-order valence-electron chi connectivity index (χ0n) is 16.1. The zero-order valence-corrected chi connectivity index (χ0v) is 16.8. The minimum atomic E-state index is -0.452. The summed E-state index contributed by atoms with van der Waals surface area (Å²) in [5, 5.41) is 11.9. The summed E-state index contributed by atoms with van der Waals surface area (Å²) in [4.78, 5) is 15.0. The molecule has 2 aromatic carbocycles. The molecule has 150 valence electrons. The van der Waals surface area contributed by atoms with Gasteiger partial charge in [-0.25, -0.2) is 0 Å². The van der Waals surface area contributed by atoms with E-state index in [1.165, 1.54) is 6.42 Å². The molecule has 3 aromatic rings. The number of benzene rings is 2. The number of anilines is 1. The van der Waals surface area contributed by atoms with Crippen LogP contribution in [0.4, 0.5) is 6.01 Å². The normalized spacial score (nSPS) is 15.1. The van der Waals surface area contributed by atoms with Gasteiger partial charge in [-0.05, 0) is 37.0 Å². The summed E-state index contributed by atoms with van der Waals surface area (Å²) in [7, 11) is 0. The molecule has 1 N–H and O–H groups in total. The Morgan fingerprint density at radius 1 is 1.03 bits per heavy atom. The fraction of sp³-hybridized carbons (Fsp3) is 0.318. The summed E-state index contributed by atoms with van der Waals surface area (Å²) in [6, 6.07) is 17.0. The Morgan fingerprint density at radius 3 is 2.52 bits per heavy atom. The first-order chi connectivity index (χ1) is 14.2. The molecule has 0 aliphatic carbocycles. The third-order valence-corrected chi connectivity index (χ3v) is 5.39. The summed E-state index contributed by atoms with van der Waals surface area (Å²) >= 11 is 6.20. The largest absolute Gasteiger partial charge is 0.406 e. The van der Waals surface area contributed by atoms with Crippen LogP contribution in [-0.4, -0.2) is 29.2 Å². The van der Waals surface area contributed by atoms with E-state index in [-0.39, 0.29) is 5.91 Å². The van der Waals surface area contributed by atoms with Crippen LogP contribution in [-0.2, 0) is 6.42 Å². The maximum absolute atomic E-state index is 12.9. The number of carbonyl (C=O) groups is 1. The lowest BCUT2D eigenvalue weighted by Gasteiger charge is -2.24. The molecule has 29 heavy (non-hydrogen) atoms. The lowest BCUT2D eigenvalue weighted by molar-refractivity contribution is 0.0930. The molecule has 1 amide bonds. The molecule has 1 saturated heterocycles. The average Bonchev–Trinajstić information content (AvgIpc) is 3.25. The number of hydrogen-bond donors (Lipinski definition) is 1. The predicted molar refractivity (Wildman–Crippen MR) is 112 cm³/mol. The van der Waals surface area contributed by atoms with Crippen molar-refractivity contribution in [2.45, 2.75) is 31.7 Å². The molecule has 6 nitrogen and oxygen atoms in total. The standard InChI is InChI=1S/C22H23ClN4O2/c23-18-12-6-5-11-17(18)20(28)24-19(15-16-9-3-1-4-10-16)21-25-26-22(29-21)27-13-7-2-8-14-27/h1,3-6,9-12,19H,2,7-8,13-15H2,(H,24,28). The van der Waals surface area contributed by atoms with E-state index in [4.69, 9.17) is 16.0 Å². The van der Waals surface area contributed by atoms with Crippen LogP contribution in [0.1, 0.15) is 47.1 Å². The van der Waals surface area contributed by atoms with E-state index in [2.05, 4.69) is 20.4 Å². The third kappa shape index (κ3) is 4.77. The van der Waals surface area contributed by atoms with Gasteiger partial charge in [0.2, 0.25) is 5.89 Å². The Kier molecular flexibility index (Phi) is 6.10. The van der Waals surface area contributed by atoms with Gasteiger partial charge in [0, 0.05) is 19.5 Å². The van der Waals surface area contributed by atoms with Crippen LogP contribution >= 0.6 is 11.6 Å². The molecule has 1 aliphatic heterocycles. The first-order valence-electron chi connectivity index (χ1n) is 9.88. The number of piperidine rings is 1. The van der Waals surface area contributed by atoms with Crippen molar-refractivity contribution < 1.29 is 9.21 Å². The summed E-state index contributed by atoms with van der Waals surface area (Å²) in [6.45, 7) is 1.83. The maximum Gasteiger partial charge on any atom is 0.318 e. The predicted octanol–water partition coefficient (Wildman–Crippen LogP) is 4.43. The second-order valence-corrected chi connectivity index (χ2v) is 7.57. The molecular formula is C22H23ClN4O2. The zero-order chi connectivity index (χ0) is 20.1. The number of aromatic nitrogens is 2. The molecule has 1 fully saturated rings. The van der Waals surface area contributed by atoms with E-state index >= 15 is 0 Å². The SMILES string of the molecule is O=C(NC(Cc1ccccc1)c1nnc(N2CCCCC2)o1)c1ccccc1Cl. The van der Waals surface area contributed by atoms with Crippen LogP contribution in [0.15, 0.2) is 59.0 Å². The van der Waals surface area contributed by atoms with Crippen molar-refractivity contribution in [1.82, 2.24) is 15.5 Å². The van der Waals surface area contributed by atoms with Crippen molar-refractivity contribution in [3.8, 4) is 0 Å². The van der Waals surface area contributed by atoms with Crippen molar-refractivity contribution in [2.75, 3.05) is 18.0 Å². The Balaban J connectivity index is 1.57. The van der Waals surface area contributed by atoms with E-state index < -0.39 is 6.04 Å². The first kappa shape index (κ1) is 19.5. The second kappa shape index (κ2) is 9.09. The highest BCUT2D eigenvalue weighted by Gasteiger charge is 2.25. The quantitative estimate of drug-likeness (QED) is 0.651. The first-order valence-corrected chi connectivity index (χ1v) is 10.3. The van der Waals surface area contributed by atoms with Crippen LogP contribution in [0, 0.1) is 0 Å². The van der Waals surface area contributed by atoms with Gasteiger partial charge in [-0.1, -0.05) is 59.2 Å². The maximum atomic E-state index is 12.9. The number of nitrogens with zero attached hydrogens (tertiary/aromatic N) is 3. The van der Waals surface area contributed by atoms with Crippen LogP contribution in [0.3, 0.4) is 0 Å². The summed E-state index contributed by atoms with van der Waals surface area (Å²) in [6.07, 6.45) is 4.00. The molecule has 1 unspecified atom stereocenters. The van der Waals surface area contributed by atoms with Gasteiger partial charge in [-0.3, -0.25) is 4.79 Å². The van der Waals surface area contributed by atoms with Crippen molar-refractivity contribution in [2.24, 2.45) is 0 Å². The highest BCUT2D eigenvalue weighted by molar-refractivity contribution is 6.33. The minimum Gasteiger partial charge on any atom is -0.406 e. The average molecular weight is 411 g/mol. The molecule has 7 heteroatoms. The Labute approximate surface area is 174 Å². The molecule has 1 aliphatic rings. The van der Waals surface area contributed by atoms with E-state index in [0.717, 1.165) is 31.5 Å². The van der Waals surface area contributed by atoms with Crippen molar-refractivity contribution in [3.63, 3.8) is 0 Å². The van der Waals surface area contributed by atoms with Crippen LogP contribution in [0.5, 0.6) is 0 Å². The number of carbonyl (C=O) groups excluding carboxylic acids is 1. The van der Waals surface area contributed by atoms with Gasteiger partial charge in [0.25, 0.3) is 5.91 Å². The van der Waals surface area contributed by atoms with Gasteiger partial charge in [0.15, 0.2) is 0 Å². The minimum absolute atomic E-state index is 0.269. The molecule has 1 atom stereocenters. The summed E-state index contributed by atoms with van der Waals surface area (Å²) < 4.78 is 5.98. The Bertz CT molecular complexity index is 954. The van der Waals surface area contributed by atoms with Crippen LogP contribution in [0.25, 0.3) is 0 Å². The fourth-order valence-electron chi connectivity index (χ4n) is 3.51. The van der Waals surface area contributed by atoms with Gasteiger partial charge in [0.1, 0.15) is 6.04 Å².